The van der Waals surface area contributed by atoms with E-state index in [1.165, 1.54) is 5.56 Å². The molecule has 0 bridgehead atoms. The Morgan fingerprint density at radius 3 is 1.11 bits per heavy atom. The zero-order chi connectivity index (χ0) is 27.5. The monoisotopic (exact) mass is 632 g/mol. The van der Waals surface area contributed by atoms with Crippen LogP contribution < -0.4 is 0 Å². The van der Waals surface area contributed by atoms with Gasteiger partial charge in [0.2, 0.25) is 0 Å². The van der Waals surface area contributed by atoms with Crippen LogP contribution in [0.4, 0.5) is 0 Å². The average Bonchev–Trinajstić information content (AvgIpc) is 2.67. The summed E-state index contributed by atoms with van der Waals surface area (Å²) in [5, 5.41) is 1.54. The van der Waals surface area contributed by atoms with Crippen molar-refractivity contribution in [3.05, 3.63) is 40.7 Å². The Kier molecular flexibility index (Phi) is 11.9. The third-order valence-electron chi connectivity index (χ3n) is 8.76. The molecular formula is C23H56O3Si9. The van der Waals surface area contributed by atoms with Gasteiger partial charge in [-0.2, -0.15) is 0 Å². The summed E-state index contributed by atoms with van der Waals surface area (Å²) in [6.07, 6.45) is 0. The van der Waals surface area contributed by atoms with Gasteiger partial charge >= 0.3 is 0 Å². The number of hydrogen-bond acceptors (Lipinski definition) is 3. The summed E-state index contributed by atoms with van der Waals surface area (Å²) in [6.45, 7) is 37.2. The molecule has 0 unspecified atom stereocenters. The van der Waals surface area contributed by atoms with Crippen LogP contribution in [-0.2, 0) is 12.3 Å². The van der Waals surface area contributed by atoms with Crippen molar-refractivity contribution in [1.82, 2.24) is 0 Å². The lowest BCUT2D eigenvalue weighted by Gasteiger charge is -2.38. The summed E-state index contributed by atoms with van der Waals surface area (Å²) in [6, 6.07) is 11.1. The summed E-state index contributed by atoms with van der Waals surface area (Å²) < 4.78 is 21.2. The van der Waals surface area contributed by atoms with E-state index in [1.54, 1.807) is 10.0 Å². The van der Waals surface area contributed by atoms with E-state index in [-0.39, 0.29) is 0 Å². The minimum Gasteiger partial charge on any atom is -0.459 e. The lowest BCUT2D eigenvalue weighted by molar-refractivity contribution is 0.604. The summed E-state index contributed by atoms with van der Waals surface area (Å²) in [5.41, 5.74) is 1.38. The minimum atomic E-state index is -1.68. The first-order valence-corrected chi connectivity index (χ1v) is 39.3. The summed E-state index contributed by atoms with van der Waals surface area (Å²) >= 11 is 0. The second kappa shape index (κ2) is 12.3. The van der Waals surface area contributed by atoms with Gasteiger partial charge in [0.1, 0.15) is 0 Å². The minimum absolute atomic E-state index is 0.829. The Labute approximate surface area is 230 Å². The summed E-state index contributed by atoms with van der Waals surface area (Å²) in [7, 11) is -11.5. The van der Waals surface area contributed by atoms with E-state index in [4.69, 9.17) is 12.3 Å². The molecule has 0 spiro atoms. The van der Waals surface area contributed by atoms with Crippen LogP contribution >= 0.6 is 0 Å². The molecule has 0 radical (unpaired) electrons. The first-order valence-electron chi connectivity index (χ1n) is 13.2. The third kappa shape index (κ3) is 9.80. The van der Waals surface area contributed by atoms with E-state index in [9.17, 15) is 0 Å². The Morgan fingerprint density at radius 1 is 0.486 bits per heavy atom. The maximum Gasteiger partial charge on any atom is 0.178 e. The molecule has 0 aliphatic rings. The molecule has 0 aromatic heterocycles. The molecule has 0 fully saturated rings. The SMILES string of the molecule is C[Si](C)(C)[Si](C)(C)O[SiH2]C([SiH2]O[Si](C)(C)[Si](C)(C)C)=C([SiH2]O[Si](C)(C)[Si](C)(C)C)c1ccccc1. The molecule has 12 heteroatoms. The van der Waals surface area contributed by atoms with Gasteiger partial charge in [0.05, 0.1) is 22.8 Å². The third-order valence-corrected chi connectivity index (χ3v) is 71.4. The Bertz CT molecular complexity index is 818. The lowest BCUT2D eigenvalue weighted by atomic mass is 10.2. The fourth-order valence-corrected chi connectivity index (χ4v) is 32.6. The molecule has 1 aromatic carbocycles. The van der Waals surface area contributed by atoms with E-state index >= 15 is 0 Å². The molecule has 0 atom stereocenters. The van der Waals surface area contributed by atoms with Gasteiger partial charge in [-0.25, -0.2) is 0 Å². The van der Waals surface area contributed by atoms with Gasteiger partial charge in [0, 0.05) is 0 Å². The topological polar surface area (TPSA) is 27.7 Å². The normalized spacial score (nSPS) is 15.3. The molecule has 1 aromatic rings. The fourth-order valence-electron chi connectivity index (χ4n) is 2.68. The molecule has 0 aliphatic heterocycles. The van der Waals surface area contributed by atoms with Gasteiger partial charge in [-0.3, -0.25) is 0 Å². The molecule has 3 nitrogen and oxygen atoms in total. The van der Waals surface area contributed by atoms with Gasteiger partial charge in [-0.15, -0.1) is 0 Å². The molecule has 0 amide bonds. The second-order valence-electron chi connectivity index (χ2n) is 14.6. The molecule has 0 heterocycles. The number of benzene rings is 1. The Balaban J connectivity index is 3.52. The average molecular weight is 633 g/mol. The van der Waals surface area contributed by atoms with Crippen molar-refractivity contribution in [3.8, 4) is 0 Å². The van der Waals surface area contributed by atoms with Crippen molar-refractivity contribution < 1.29 is 12.3 Å². The standard InChI is InChI=1S/C23H56O3Si9/c1-30(2,3)33(10,11)24-27-22(21-19-17-16-18-20-21)23(28-25-34(12,13)31(4,5)6)29-26-35(14,15)32(7,8)9/h16-20H,27-29H2,1-15H3. The maximum atomic E-state index is 7.06. The molecule has 0 N–H and O–H groups in total. The first kappa shape index (κ1) is 33.8. The van der Waals surface area contributed by atoms with Gasteiger partial charge < -0.3 is 12.3 Å². The number of rotatable bonds is 13. The maximum absolute atomic E-state index is 7.06. The first-order chi connectivity index (χ1) is 15.5. The largest absolute Gasteiger partial charge is 0.459 e. The van der Waals surface area contributed by atoms with Gasteiger partial charge in [0.15, 0.2) is 52.8 Å². The Hall–Kier alpha value is 0.792. The number of hydrogen-bond donors (Lipinski definition) is 0. The summed E-state index contributed by atoms with van der Waals surface area (Å²) in [4.78, 5) is 1.63. The predicted octanol–water partition coefficient (Wildman–Crippen LogP) is 5.48. The quantitative estimate of drug-likeness (QED) is 0.270. The molecule has 202 valence electrons. The van der Waals surface area contributed by atoms with Crippen molar-refractivity contribution in [2.24, 2.45) is 0 Å². The molecule has 1 rings (SSSR count). The van der Waals surface area contributed by atoms with Crippen LogP contribution in [0.2, 0.25) is 98.2 Å². The van der Waals surface area contributed by atoms with E-state index in [0.717, 1.165) is 0 Å². The van der Waals surface area contributed by atoms with Crippen molar-refractivity contribution in [2.45, 2.75) is 98.2 Å². The molecule has 0 saturated heterocycles. The van der Waals surface area contributed by atoms with Crippen LogP contribution in [0.5, 0.6) is 0 Å². The van der Waals surface area contributed by atoms with Crippen molar-refractivity contribution in [3.63, 3.8) is 0 Å². The zero-order valence-electron chi connectivity index (χ0n) is 25.7. The van der Waals surface area contributed by atoms with Crippen LogP contribution in [0.25, 0.3) is 5.20 Å². The van der Waals surface area contributed by atoms with Gasteiger partial charge in [-0.05, 0) is 50.0 Å². The molecule has 35 heavy (non-hydrogen) atoms. The van der Waals surface area contributed by atoms with Crippen molar-refractivity contribution in [2.75, 3.05) is 0 Å². The highest BCUT2D eigenvalue weighted by atomic mass is 29.3. The van der Waals surface area contributed by atoms with E-state index in [1.807, 2.05) is 0 Å². The van der Waals surface area contributed by atoms with E-state index in [2.05, 4.69) is 129 Å². The fraction of sp³-hybridized carbons (Fsp3) is 0.652. The zero-order valence-corrected chi connectivity index (χ0v) is 36.0. The highest BCUT2D eigenvalue weighted by Gasteiger charge is 2.41. The van der Waals surface area contributed by atoms with Crippen molar-refractivity contribution >= 4 is 80.8 Å². The smallest absolute Gasteiger partial charge is 0.178 e. The van der Waals surface area contributed by atoms with Crippen molar-refractivity contribution in [1.29, 1.82) is 0 Å². The Morgan fingerprint density at radius 2 is 0.800 bits per heavy atom. The summed E-state index contributed by atoms with van der Waals surface area (Å²) in [5.74, 6) is 0. The molecule has 0 aliphatic carbocycles. The van der Waals surface area contributed by atoms with Gasteiger partial charge in [0.25, 0.3) is 0 Å². The van der Waals surface area contributed by atoms with Gasteiger partial charge in [-0.1, -0.05) is 94.1 Å². The highest BCUT2D eigenvalue weighted by molar-refractivity contribution is 7.39. The van der Waals surface area contributed by atoms with Crippen LogP contribution in [0.15, 0.2) is 35.2 Å². The molecule has 0 saturated carbocycles. The van der Waals surface area contributed by atoms with E-state index < -0.39 is 75.6 Å². The molecular weight excluding hydrogens is 577 g/mol. The van der Waals surface area contributed by atoms with Crippen LogP contribution in [-0.4, -0.2) is 75.6 Å². The van der Waals surface area contributed by atoms with E-state index in [0.29, 0.717) is 0 Å². The second-order valence-corrected chi connectivity index (χ2v) is 69.2. The lowest BCUT2D eigenvalue weighted by Crippen LogP contribution is -2.57. The predicted molar refractivity (Wildman–Crippen MR) is 185 cm³/mol. The van der Waals surface area contributed by atoms with Crippen LogP contribution in [0, 0.1) is 0 Å². The van der Waals surface area contributed by atoms with Crippen LogP contribution in [0.3, 0.4) is 0 Å². The van der Waals surface area contributed by atoms with Crippen LogP contribution in [0.1, 0.15) is 5.56 Å². The highest BCUT2D eigenvalue weighted by Crippen LogP contribution is 2.27.